The van der Waals surface area contributed by atoms with E-state index in [0.29, 0.717) is 23.6 Å². The smallest absolute Gasteiger partial charge is 0.341 e. The Morgan fingerprint density at radius 3 is 2.62 bits per heavy atom. The zero-order chi connectivity index (χ0) is 12.6. The fourth-order valence-corrected chi connectivity index (χ4v) is 0.790. The third kappa shape index (κ3) is 6.02. The molecule has 0 aromatic heterocycles. The summed E-state index contributed by atoms with van der Waals surface area (Å²) in [6.07, 6.45) is 0.488. The highest BCUT2D eigenvalue weighted by Crippen LogP contribution is 1.93. The van der Waals surface area contributed by atoms with Gasteiger partial charge in [-0.15, -0.1) is 0 Å². The van der Waals surface area contributed by atoms with Gasteiger partial charge in [0.25, 0.3) is 0 Å². The van der Waals surface area contributed by atoms with Crippen LogP contribution in [0.5, 0.6) is 0 Å². The highest BCUT2D eigenvalue weighted by atomic mass is 16.5. The third-order valence-electron chi connectivity index (χ3n) is 1.71. The van der Waals surface area contributed by atoms with Crippen molar-refractivity contribution in [2.45, 2.75) is 20.3 Å². The topological polar surface area (TPSA) is 78.9 Å². The Bertz CT molecular complexity index is 266. The monoisotopic (exact) mass is 230 g/mol. The fourth-order valence-electron chi connectivity index (χ4n) is 0.790. The average molecular weight is 230 g/mol. The van der Waals surface area contributed by atoms with E-state index in [2.05, 4.69) is 11.9 Å². The molecule has 0 saturated heterocycles. The van der Waals surface area contributed by atoms with Crippen LogP contribution >= 0.6 is 0 Å². The lowest BCUT2D eigenvalue weighted by molar-refractivity contribution is -0.139. The van der Waals surface area contributed by atoms with Crippen LogP contribution in [0.15, 0.2) is 12.2 Å². The summed E-state index contributed by atoms with van der Waals surface area (Å²) in [6, 6.07) is -0.561. The maximum atomic E-state index is 11.0. The molecule has 0 aliphatic rings. The highest BCUT2D eigenvalue weighted by molar-refractivity contribution is 5.86. The number of hydroxylamine groups is 2. The SMILES string of the molecule is C=C(C)C(=O)OCCCNC(=O)N(O)CC. The molecule has 0 aromatic carbocycles. The largest absolute Gasteiger partial charge is 0.462 e. The third-order valence-corrected chi connectivity index (χ3v) is 1.71. The molecule has 0 unspecified atom stereocenters. The number of carbonyl (C=O) groups excluding carboxylic acids is 2. The van der Waals surface area contributed by atoms with Crippen molar-refractivity contribution in [3.63, 3.8) is 0 Å². The molecule has 0 saturated carbocycles. The first-order valence-corrected chi connectivity index (χ1v) is 5.06. The molecule has 0 atom stereocenters. The molecule has 6 nitrogen and oxygen atoms in total. The second-order valence-corrected chi connectivity index (χ2v) is 3.22. The molecule has 0 rings (SSSR count). The Morgan fingerprint density at radius 1 is 1.50 bits per heavy atom. The van der Waals surface area contributed by atoms with E-state index >= 15 is 0 Å². The summed E-state index contributed by atoms with van der Waals surface area (Å²) >= 11 is 0. The maximum Gasteiger partial charge on any atom is 0.341 e. The summed E-state index contributed by atoms with van der Waals surface area (Å²) in [5.74, 6) is -0.441. The second-order valence-electron chi connectivity index (χ2n) is 3.22. The van der Waals surface area contributed by atoms with Gasteiger partial charge in [-0.2, -0.15) is 0 Å². The number of urea groups is 1. The number of nitrogens with one attached hydrogen (secondary N) is 1. The van der Waals surface area contributed by atoms with Crippen LogP contribution in [0.1, 0.15) is 20.3 Å². The number of hydrogen-bond acceptors (Lipinski definition) is 4. The van der Waals surface area contributed by atoms with Crippen LogP contribution in [0, 0.1) is 0 Å². The van der Waals surface area contributed by atoms with Crippen molar-refractivity contribution >= 4 is 12.0 Å². The Labute approximate surface area is 94.8 Å². The lowest BCUT2D eigenvalue weighted by Crippen LogP contribution is -2.38. The predicted octanol–water partition coefficient (Wildman–Crippen LogP) is 0.916. The number of amides is 2. The van der Waals surface area contributed by atoms with Crippen molar-refractivity contribution < 1.29 is 19.5 Å². The summed E-state index contributed by atoms with van der Waals surface area (Å²) in [6.45, 7) is 7.41. The molecule has 2 N–H and O–H groups in total. The van der Waals surface area contributed by atoms with Crippen LogP contribution in [-0.2, 0) is 9.53 Å². The van der Waals surface area contributed by atoms with Crippen LogP contribution in [0.3, 0.4) is 0 Å². The summed E-state index contributed by atoms with van der Waals surface area (Å²) in [5.41, 5.74) is 0.344. The van der Waals surface area contributed by atoms with E-state index in [1.54, 1.807) is 13.8 Å². The minimum absolute atomic E-state index is 0.212. The minimum Gasteiger partial charge on any atom is -0.462 e. The zero-order valence-corrected chi connectivity index (χ0v) is 9.65. The summed E-state index contributed by atoms with van der Waals surface area (Å²) < 4.78 is 4.81. The van der Waals surface area contributed by atoms with E-state index in [1.165, 1.54) is 0 Å². The van der Waals surface area contributed by atoms with E-state index in [1.807, 2.05) is 0 Å². The van der Waals surface area contributed by atoms with Gasteiger partial charge >= 0.3 is 12.0 Å². The molecule has 0 radical (unpaired) electrons. The molecule has 92 valence electrons. The molecule has 0 aromatic rings. The first-order valence-electron chi connectivity index (χ1n) is 5.06. The first-order chi connectivity index (χ1) is 7.49. The summed E-state index contributed by atoms with van der Waals surface area (Å²) in [5, 5.41) is 12.0. The maximum absolute atomic E-state index is 11.0. The minimum atomic E-state index is -0.561. The molecule has 2 amide bonds. The molecular formula is C10H18N2O4. The second kappa shape index (κ2) is 7.70. The Kier molecular flexibility index (Phi) is 6.95. The van der Waals surface area contributed by atoms with Gasteiger partial charge < -0.3 is 10.1 Å². The van der Waals surface area contributed by atoms with Crippen LogP contribution in [0.25, 0.3) is 0 Å². The van der Waals surface area contributed by atoms with Gasteiger partial charge in [-0.25, -0.2) is 14.7 Å². The van der Waals surface area contributed by atoms with Gasteiger partial charge in [0.15, 0.2) is 0 Å². The number of rotatable bonds is 6. The zero-order valence-electron chi connectivity index (χ0n) is 9.65. The summed E-state index contributed by atoms with van der Waals surface area (Å²) in [4.78, 5) is 22.0. The van der Waals surface area contributed by atoms with Crippen LogP contribution in [0.4, 0.5) is 4.79 Å². The van der Waals surface area contributed by atoms with Gasteiger partial charge in [-0.3, -0.25) is 5.21 Å². The van der Waals surface area contributed by atoms with Crippen LogP contribution in [0.2, 0.25) is 0 Å². The van der Waals surface area contributed by atoms with Gasteiger partial charge in [0.2, 0.25) is 0 Å². The normalized spacial score (nSPS) is 9.44. The summed E-state index contributed by atoms with van der Waals surface area (Å²) in [7, 11) is 0. The van der Waals surface area contributed by atoms with Gasteiger partial charge in [0.1, 0.15) is 0 Å². The lowest BCUT2D eigenvalue weighted by Gasteiger charge is -2.13. The van der Waals surface area contributed by atoms with Crippen molar-refractivity contribution in [2.24, 2.45) is 0 Å². The quantitative estimate of drug-likeness (QED) is 0.234. The van der Waals surface area contributed by atoms with E-state index < -0.39 is 12.0 Å². The Hall–Kier alpha value is -1.56. The highest BCUT2D eigenvalue weighted by Gasteiger charge is 2.06. The molecule has 0 fully saturated rings. The van der Waals surface area contributed by atoms with Gasteiger partial charge in [-0.05, 0) is 20.3 Å². The number of nitrogens with zero attached hydrogens (tertiary/aromatic N) is 1. The van der Waals surface area contributed by atoms with Crippen LogP contribution in [-0.4, -0.2) is 42.0 Å². The molecular weight excluding hydrogens is 212 g/mol. The average Bonchev–Trinajstić information content (AvgIpc) is 2.26. The number of esters is 1. The van der Waals surface area contributed by atoms with E-state index in [-0.39, 0.29) is 13.2 Å². The van der Waals surface area contributed by atoms with Crippen molar-refractivity contribution in [3.05, 3.63) is 12.2 Å². The van der Waals surface area contributed by atoms with Crippen molar-refractivity contribution in [1.82, 2.24) is 10.4 Å². The van der Waals surface area contributed by atoms with Gasteiger partial charge in [0.05, 0.1) is 6.61 Å². The number of hydrogen-bond donors (Lipinski definition) is 2. The molecule has 0 spiro atoms. The molecule has 0 heterocycles. The first kappa shape index (κ1) is 14.4. The molecule has 0 bridgehead atoms. The molecule has 0 aliphatic carbocycles. The van der Waals surface area contributed by atoms with E-state index in [4.69, 9.17) is 9.94 Å². The molecule has 16 heavy (non-hydrogen) atoms. The van der Waals surface area contributed by atoms with Crippen molar-refractivity contribution in [3.8, 4) is 0 Å². The van der Waals surface area contributed by atoms with Crippen molar-refractivity contribution in [2.75, 3.05) is 19.7 Å². The Balaban J connectivity index is 3.51. The number of ether oxygens (including phenoxy) is 1. The van der Waals surface area contributed by atoms with Crippen LogP contribution < -0.4 is 5.32 Å². The molecule has 0 aliphatic heterocycles. The predicted molar refractivity (Wildman–Crippen MR) is 58.0 cm³/mol. The van der Waals surface area contributed by atoms with E-state index in [9.17, 15) is 9.59 Å². The van der Waals surface area contributed by atoms with Gasteiger partial charge in [0, 0.05) is 18.7 Å². The fraction of sp³-hybridized carbons (Fsp3) is 0.600. The number of carbonyl (C=O) groups is 2. The Morgan fingerprint density at radius 2 is 2.12 bits per heavy atom. The van der Waals surface area contributed by atoms with E-state index in [0.717, 1.165) is 0 Å². The van der Waals surface area contributed by atoms with Crippen molar-refractivity contribution in [1.29, 1.82) is 0 Å². The molecule has 6 heteroatoms. The van der Waals surface area contributed by atoms with Gasteiger partial charge in [-0.1, -0.05) is 6.58 Å². The lowest BCUT2D eigenvalue weighted by atomic mass is 10.3. The standard InChI is InChI=1S/C10H18N2O4/c1-4-12(15)10(14)11-6-5-7-16-9(13)8(2)3/h15H,2,4-7H2,1,3H3,(H,11,14).